The van der Waals surface area contributed by atoms with E-state index in [1.807, 2.05) is 0 Å². The van der Waals surface area contributed by atoms with E-state index in [1.165, 1.54) is 11.1 Å². The van der Waals surface area contributed by atoms with Crippen LogP contribution < -0.4 is 9.47 Å². The molecule has 0 saturated heterocycles. The average Bonchev–Trinajstić information content (AvgIpc) is 2.71. The van der Waals surface area contributed by atoms with E-state index in [0.29, 0.717) is 25.0 Å². The van der Waals surface area contributed by atoms with Crippen LogP contribution in [-0.4, -0.2) is 23.9 Å². The Labute approximate surface area is 236 Å². The van der Waals surface area contributed by atoms with E-state index in [-0.39, 0.29) is 5.41 Å². The van der Waals surface area contributed by atoms with Gasteiger partial charge in [-0.05, 0) is 111 Å². The Balaban J connectivity index is 2.34. The quantitative estimate of drug-likeness (QED) is 0.223. The number of rotatable bonds is 10. The Morgan fingerprint density at radius 2 is 0.968 bits per heavy atom. The number of benzene rings is 2. The van der Waals surface area contributed by atoms with Crippen LogP contribution in [0, 0.1) is 11.8 Å². The summed E-state index contributed by atoms with van der Waals surface area (Å²) in [5.41, 5.74) is 2.11. The molecule has 0 bridgehead atoms. The molecular weight excluding hydrogens is 788 g/mol. The molecular formula is C23H26Br6O2. The first-order valence-corrected chi connectivity index (χ1v) is 15.3. The van der Waals surface area contributed by atoms with Crippen molar-refractivity contribution >= 4 is 95.6 Å². The monoisotopic (exact) mass is 808 g/mol. The average molecular weight is 814 g/mol. The molecule has 0 heterocycles. The molecule has 2 atom stereocenters. The number of hydrogen-bond acceptors (Lipinski definition) is 2. The molecule has 0 fully saturated rings. The maximum atomic E-state index is 6.04. The minimum absolute atomic E-state index is 0.237. The van der Waals surface area contributed by atoms with Crippen LogP contribution in [0.2, 0.25) is 0 Å². The summed E-state index contributed by atoms with van der Waals surface area (Å²) in [4.78, 5) is 0. The van der Waals surface area contributed by atoms with E-state index >= 15 is 0 Å². The normalized spacial score (nSPS) is 13.7. The highest BCUT2D eigenvalue weighted by Crippen LogP contribution is 2.44. The van der Waals surface area contributed by atoms with Crippen LogP contribution in [0.5, 0.6) is 11.5 Å². The highest BCUT2D eigenvalue weighted by atomic mass is 79.9. The minimum atomic E-state index is -0.237. The largest absolute Gasteiger partial charge is 0.491 e. The predicted octanol–water partition coefficient (Wildman–Crippen LogP) is 9.88. The van der Waals surface area contributed by atoms with Crippen LogP contribution in [0.3, 0.4) is 0 Å². The van der Waals surface area contributed by atoms with Crippen molar-refractivity contribution in [2.75, 3.05) is 23.9 Å². The van der Waals surface area contributed by atoms with Crippen molar-refractivity contribution in [3.05, 3.63) is 53.3 Å². The molecule has 0 aliphatic rings. The lowest BCUT2D eigenvalue weighted by atomic mass is 9.78. The molecule has 2 aromatic rings. The lowest BCUT2D eigenvalue weighted by Gasteiger charge is -2.28. The van der Waals surface area contributed by atoms with Crippen LogP contribution in [0.15, 0.2) is 42.2 Å². The maximum Gasteiger partial charge on any atom is 0.147 e. The highest BCUT2D eigenvalue weighted by molar-refractivity contribution is 9.11. The van der Waals surface area contributed by atoms with Crippen molar-refractivity contribution in [2.45, 2.75) is 33.1 Å². The van der Waals surface area contributed by atoms with Gasteiger partial charge in [-0.1, -0.05) is 59.6 Å². The van der Waals surface area contributed by atoms with Crippen molar-refractivity contribution < 1.29 is 9.47 Å². The molecule has 0 amide bonds. The van der Waals surface area contributed by atoms with Crippen LogP contribution in [0.1, 0.15) is 38.8 Å². The van der Waals surface area contributed by atoms with E-state index in [9.17, 15) is 0 Å². The third kappa shape index (κ3) is 7.45. The Kier molecular flexibility index (Phi) is 11.4. The van der Waals surface area contributed by atoms with E-state index in [2.05, 4.69) is 148 Å². The second kappa shape index (κ2) is 12.6. The summed E-state index contributed by atoms with van der Waals surface area (Å²) in [5.74, 6) is 2.53. The molecule has 0 aliphatic heterocycles. The molecule has 172 valence electrons. The van der Waals surface area contributed by atoms with Crippen LogP contribution in [0.4, 0.5) is 0 Å². The zero-order valence-electron chi connectivity index (χ0n) is 17.9. The zero-order valence-corrected chi connectivity index (χ0v) is 27.4. The molecule has 2 aromatic carbocycles. The van der Waals surface area contributed by atoms with Gasteiger partial charge in [0.05, 0.1) is 31.1 Å². The fraction of sp³-hybridized carbons (Fsp3) is 0.478. The van der Waals surface area contributed by atoms with Gasteiger partial charge >= 0.3 is 0 Å². The predicted molar refractivity (Wildman–Crippen MR) is 153 cm³/mol. The summed E-state index contributed by atoms with van der Waals surface area (Å²) in [7, 11) is 0. The molecule has 0 saturated carbocycles. The first kappa shape index (κ1) is 28.2. The SMILES string of the molecule is CC(CBr)COc1c(Br)cc(C(C)(C)c2cc(Br)c(OCC(C)CBr)c(Br)c2)cc1Br. The van der Waals surface area contributed by atoms with Gasteiger partial charge in [0.25, 0.3) is 0 Å². The fourth-order valence-corrected chi connectivity index (χ4v) is 6.03. The summed E-state index contributed by atoms with van der Waals surface area (Å²) < 4.78 is 15.8. The van der Waals surface area contributed by atoms with Gasteiger partial charge in [0.1, 0.15) is 11.5 Å². The minimum Gasteiger partial charge on any atom is -0.491 e. The van der Waals surface area contributed by atoms with Gasteiger partial charge in [0.15, 0.2) is 0 Å². The Morgan fingerprint density at radius 1 is 0.677 bits per heavy atom. The number of hydrogen-bond donors (Lipinski definition) is 0. The lowest BCUT2D eigenvalue weighted by Crippen LogP contribution is -2.20. The summed E-state index contributed by atoms with van der Waals surface area (Å²) >= 11 is 21.8. The van der Waals surface area contributed by atoms with Crippen molar-refractivity contribution in [2.24, 2.45) is 11.8 Å². The lowest BCUT2D eigenvalue weighted by molar-refractivity contribution is 0.270. The topological polar surface area (TPSA) is 18.5 Å². The molecule has 0 radical (unpaired) electrons. The van der Waals surface area contributed by atoms with Crippen LogP contribution in [0.25, 0.3) is 0 Å². The molecule has 8 heteroatoms. The first-order valence-electron chi connectivity index (χ1n) is 9.87. The van der Waals surface area contributed by atoms with Gasteiger partial charge in [0.2, 0.25) is 0 Å². The van der Waals surface area contributed by atoms with Crippen molar-refractivity contribution in [1.82, 2.24) is 0 Å². The summed E-state index contributed by atoms with van der Waals surface area (Å²) in [6.07, 6.45) is 0. The summed E-state index contributed by atoms with van der Waals surface area (Å²) in [6.45, 7) is 10.0. The van der Waals surface area contributed by atoms with Gasteiger partial charge in [-0.25, -0.2) is 0 Å². The smallest absolute Gasteiger partial charge is 0.147 e. The van der Waals surface area contributed by atoms with E-state index in [0.717, 1.165) is 40.1 Å². The molecule has 31 heavy (non-hydrogen) atoms. The third-order valence-electron chi connectivity index (χ3n) is 4.99. The van der Waals surface area contributed by atoms with Gasteiger partial charge in [-0.2, -0.15) is 0 Å². The second-order valence-electron chi connectivity index (χ2n) is 8.30. The second-order valence-corrected chi connectivity index (χ2v) is 13.0. The van der Waals surface area contributed by atoms with Crippen molar-refractivity contribution in [1.29, 1.82) is 0 Å². The third-order valence-corrected chi connectivity index (χ3v) is 9.56. The van der Waals surface area contributed by atoms with Crippen LogP contribution in [-0.2, 0) is 5.41 Å². The Morgan fingerprint density at radius 3 is 1.23 bits per heavy atom. The highest BCUT2D eigenvalue weighted by Gasteiger charge is 2.27. The Hall–Kier alpha value is 0.920. The van der Waals surface area contributed by atoms with E-state index in [1.54, 1.807) is 0 Å². The summed E-state index contributed by atoms with van der Waals surface area (Å²) in [6, 6.07) is 8.57. The molecule has 0 N–H and O–H groups in total. The van der Waals surface area contributed by atoms with Gasteiger partial charge in [-0.15, -0.1) is 0 Å². The Bertz CT molecular complexity index is 782. The molecule has 2 unspecified atom stereocenters. The molecule has 2 nitrogen and oxygen atoms in total. The van der Waals surface area contributed by atoms with Gasteiger partial charge in [-0.3, -0.25) is 0 Å². The zero-order chi connectivity index (χ0) is 23.3. The summed E-state index contributed by atoms with van der Waals surface area (Å²) in [5, 5.41) is 1.82. The van der Waals surface area contributed by atoms with Gasteiger partial charge in [0, 0.05) is 16.1 Å². The molecule has 2 rings (SSSR count). The number of halogens is 6. The van der Waals surface area contributed by atoms with Crippen molar-refractivity contribution in [3.63, 3.8) is 0 Å². The standard InChI is InChI=1S/C23H26Br6O2/c1-13(9-24)11-30-21-17(26)5-15(6-18(21)27)23(3,4)16-7-19(28)22(20(29)8-16)31-12-14(2)10-25/h5-8,13-14H,9-12H2,1-4H3. The number of alkyl halides is 2. The van der Waals surface area contributed by atoms with Gasteiger partial charge < -0.3 is 9.47 Å². The van der Waals surface area contributed by atoms with Crippen molar-refractivity contribution in [3.8, 4) is 11.5 Å². The van der Waals surface area contributed by atoms with E-state index in [4.69, 9.17) is 9.47 Å². The molecule has 0 aromatic heterocycles. The first-order chi connectivity index (χ1) is 14.5. The molecule has 0 aliphatic carbocycles. The number of ether oxygens (including phenoxy) is 2. The molecule has 0 spiro atoms. The van der Waals surface area contributed by atoms with E-state index < -0.39 is 0 Å². The fourth-order valence-electron chi connectivity index (χ4n) is 2.82. The van der Waals surface area contributed by atoms with Crippen LogP contribution >= 0.6 is 95.6 Å². The maximum absolute atomic E-state index is 6.04.